The average molecular weight is 499 g/mol. The molecule has 2 bridgehead atoms. The van der Waals surface area contributed by atoms with Crippen LogP contribution in [0.5, 0.6) is 0 Å². The topological polar surface area (TPSA) is 52.6 Å². The molecule has 6 aliphatic rings. The summed E-state index contributed by atoms with van der Waals surface area (Å²) in [5.74, 6) is 2.14. The van der Waals surface area contributed by atoms with Crippen LogP contribution in [0.15, 0.2) is 0 Å². The molecule has 0 N–H and O–H groups in total. The molecule has 4 nitrogen and oxygen atoms in total. The lowest BCUT2D eigenvalue weighted by atomic mass is 9.31. The maximum Gasteiger partial charge on any atom is 0.303 e. The number of hydrogen-bond donors (Lipinski definition) is 0. The van der Waals surface area contributed by atoms with Crippen LogP contribution in [0.4, 0.5) is 0 Å². The van der Waals surface area contributed by atoms with Gasteiger partial charge in [-0.05, 0) is 109 Å². The lowest BCUT2D eigenvalue weighted by Crippen LogP contribution is -2.68. The fraction of sp³-hybridized carbons (Fsp3) is 0.938. The Labute approximate surface area is 219 Å². The summed E-state index contributed by atoms with van der Waals surface area (Å²) in [5, 5.41) is 0. The number of fused-ring (bicyclic) bond motifs is 5. The number of ketones is 1. The molecule has 10 atom stereocenters. The van der Waals surface area contributed by atoms with E-state index in [9.17, 15) is 9.59 Å². The van der Waals surface area contributed by atoms with Crippen LogP contribution in [0.1, 0.15) is 113 Å². The molecule has 6 rings (SSSR count). The first-order chi connectivity index (χ1) is 16.6. The standard InChI is InChI=1S/C32H50O4/c1-19(33)36-21-17-29(6)22(28(4,5)25(21)34)11-12-31(8)23(29)10-9-20-24-26-27(2,3)13-15-32(24,18-35-26)16-14-30(20,31)7/h20-24,26H,9-18H2,1-8H3/t20-,21?,22+,23-,24+,26-,29+,30-,31-,32-/m1/s1. The third kappa shape index (κ3) is 2.92. The van der Waals surface area contributed by atoms with Crippen molar-refractivity contribution in [3.8, 4) is 0 Å². The molecule has 1 aliphatic heterocycles. The number of carbonyl (C=O) groups excluding carboxylic acids is 2. The molecule has 0 aromatic heterocycles. The van der Waals surface area contributed by atoms with Crippen LogP contribution >= 0.6 is 0 Å². The summed E-state index contributed by atoms with van der Waals surface area (Å²) in [7, 11) is 0. The minimum Gasteiger partial charge on any atom is -0.455 e. The number of rotatable bonds is 1. The highest BCUT2D eigenvalue weighted by Crippen LogP contribution is 2.77. The smallest absolute Gasteiger partial charge is 0.303 e. The Hall–Kier alpha value is -0.900. The molecule has 5 aliphatic carbocycles. The van der Waals surface area contributed by atoms with Gasteiger partial charge in [-0.2, -0.15) is 0 Å². The fourth-order valence-corrected chi connectivity index (χ4v) is 12.2. The van der Waals surface area contributed by atoms with Crippen LogP contribution in [0, 0.1) is 56.2 Å². The van der Waals surface area contributed by atoms with Gasteiger partial charge in [0.15, 0.2) is 11.9 Å². The third-order valence-corrected chi connectivity index (χ3v) is 14.1. The van der Waals surface area contributed by atoms with Gasteiger partial charge in [0, 0.05) is 12.3 Å². The Morgan fingerprint density at radius 3 is 2.25 bits per heavy atom. The Morgan fingerprint density at radius 2 is 1.56 bits per heavy atom. The Balaban J connectivity index is 1.39. The fourth-order valence-electron chi connectivity index (χ4n) is 12.2. The Kier molecular flexibility index (Phi) is 5.21. The lowest BCUT2D eigenvalue weighted by molar-refractivity contribution is -0.246. The maximum absolute atomic E-state index is 13.5. The lowest BCUT2D eigenvalue weighted by Gasteiger charge is -2.73. The first kappa shape index (κ1) is 25.4. The molecule has 0 spiro atoms. The summed E-state index contributed by atoms with van der Waals surface area (Å²) in [6, 6.07) is 0. The number of hydrogen-bond acceptors (Lipinski definition) is 4. The Morgan fingerprint density at radius 1 is 0.861 bits per heavy atom. The van der Waals surface area contributed by atoms with E-state index in [1.165, 1.54) is 51.9 Å². The minimum absolute atomic E-state index is 0.00889. The van der Waals surface area contributed by atoms with E-state index in [-0.39, 0.29) is 28.0 Å². The van der Waals surface area contributed by atoms with Crippen LogP contribution in [-0.2, 0) is 19.1 Å². The van der Waals surface area contributed by atoms with Gasteiger partial charge in [-0.3, -0.25) is 9.59 Å². The van der Waals surface area contributed by atoms with Crippen molar-refractivity contribution < 1.29 is 19.1 Å². The van der Waals surface area contributed by atoms with Gasteiger partial charge in [0.1, 0.15) is 0 Å². The molecular weight excluding hydrogens is 448 g/mol. The van der Waals surface area contributed by atoms with Gasteiger partial charge in [0.2, 0.25) is 0 Å². The van der Waals surface area contributed by atoms with E-state index in [4.69, 9.17) is 9.47 Å². The number of esters is 1. The molecule has 1 heterocycles. The Bertz CT molecular complexity index is 983. The van der Waals surface area contributed by atoms with Crippen LogP contribution in [0.2, 0.25) is 0 Å². The van der Waals surface area contributed by atoms with Crippen molar-refractivity contribution in [2.45, 2.75) is 125 Å². The molecule has 1 unspecified atom stereocenters. The van der Waals surface area contributed by atoms with E-state index in [0.29, 0.717) is 41.1 Å². The van der Waals surface area contributed by atoms with E-state index in [0.717, 1.165) is 18.9 Å². The normalized spacial score (nSPS) is 54.5. The van der Waals surface area contributed by atoms with Gasteiger partial charge < -0.3 is 9.47 Å². The molecule has 1 saturated heterocycles. The number of Topliss-reactive ketones (excluding diaryl/α,β-unsaturated/α-hetero) is 1. The SMILES string of the molecule is CC(=O)OC1C[C@]2(C)[C@H]3CC[C@@H]4[C@H]5[C@H]6OC[C@@]5(CCC6(C)C)CC[C@@]4(C)[C@]3(C)CC[C@H]2C(C)(C)C1=O. The average Bonchev–Trinajstić information content (AvgIpc) is 3.11. The first-order valence-electron chi connectivity index (χ1n) is 15.0. The molecule has 6 fully saturated rings. The van der Waals surface area contributed by atoms with E-state index in [2.05, 4.69) is 48.5 Å². The van der Waals surface area contributed by atoms with Crippen molar-refractivity contribution >= 4 is 11.8 Å². The van der Waals surface area contributed by atoms with E-state index >= 15 is 0 Å². The second-order valence-electron chi connectivity index (χ2n) is 16.2. The molecule has 202 valence electrons. The molecule has 36 heavy (non-hydrogen) atoms. The first-order valence-corrected chi connectivity index (χ1v) is 15.0. The predicted octanol–water partition coefficient (Wildman–Crippen LogP) is 6.99. The van der Waals surface area contributed by atoms with Crippen molar-refractivity contribution in [2.75, 3.05) is 6.61 Å². The van der Waals surface area contributed by atoms with Crippen LogP contribution in [0.3, 0.4) is 0 Å². The van der Waals surface area contributed by atoms with Gasteiger partial charge in [-0.25, -0.2) is 0 Å². The summed E-state index contributed by atoms with van der Waals surface area (Å²) in [6.07, 6.45) is 10.6. The highest BCUT2D eigenvalue weighted by Gasteiger charge is 2.73. The number of carbonyl (C=O) groups is 2. The highest BCUT2D eigenvalue weighted by molar-refractivity contribution is 5.91. The quantitative estimate of drug-likeness (QED) is 0.366. The van der Waals surface area contributed by atoms with E-state index in [1.807, 2.05) is 0 Å². The zero-order valence-corrected chi connectivity index (χ0v) is 24.2. The predicted molar refractivity (Wildman–Crippen MR) is 140 cm³/mol. The van der Waals surface area contributed by atoms with Crippen molar-refractivity contribution in [1.29, 1.82) is 0 Å². The van der Waals surface area contributed by atoms with E-state index in [1.54, 1.807) is 0 Å². The van der Waals surface area contributed by atoms with Crippen molar-refractivity contribution in [3.05, 3.63) is 0 Å². The minimum atomic E-state index is -0.593. The monoisotopic (exact) mass is 498 g/mol. The van der Waals surface area contributed by atoms with Crippen molar-refractivity contribution in [1.82, 2.24) is 0 Å². The van der Waals surface area contributed by atoms with E-state index < -0.39 is 11.5 Å². The molecule has 0 radical (unpaired) electrons. The van der Waals surface area contributed by atoms with Crippen molar-refractivity contribution in [3.63, 3.8) is 0 Å². The molecule has 4 heteroatoms. The molecule has 0 amide bonds. The maximum atomic E-state index is 13.5. The third-order valence-electron chi connectivity index (χ3n) is 14.1. The summed E-state index contributed by atoms with van der Waals surface area (Å²) in [6.45, 7) is 19.4. The van der Waals surface area contributed by atoms with Gasteiger partial charge >= 0.3 is 5.97 Å². The summed E-state index contributed by atoms with van der Waals surface area (Å²) >= 11 is 0. The number of ether oxygens (including phenoxy) is 2. The second kappa shape index (κ2) is 7.39. The zero-order valence-electron chi connectivity index (χ0n) is 24.2. The largest absolute Gasteiger partial charge is 0.455 e. The van der Waals surface area contributed by atoms with Gasteiger partial charge in [0.05, 0.1) is 12.7 Å². The van der Waals surface area contributed by atoms with Crippen molar-refractivity contribution in [2.24, 2.45) is 56.2 Å². The molecule has 0 aromatic carbocycles. The van der Waals surface area contributed by atoms with Crippen LogP contribution < -0.4 is 0 Å². The van der Waals surface area contributed by atoms with Crippen LogP contribution in [0.25, 0.3) is 0 Å². The summed E-state index contributed by atoms with van der Waals surface area (Å²) in [5.41, 5.74) is 0.767. The van der Waals surface area contributed by atoms with Gasteiger partial charge in [-0.15, -0.1) is 0 Å². The zero-order chi connectivity index (χ0) is 26.1. The van der Waals surface area contributed by atoms with Crippen LogP contribution in [-0.4, -0.2) is 30.6 Å². The van der Waals surface area contributed by atoms with Gasteiger partial charge in [0.25, 0.3) is 0 Å². The van der Waals surface area contributed by atoms with Gasteiger partial charge in [-0.1, -0.05) is 48.5 Å². The highest BCUT2D eigenvalue weighted by atomic mass is 16.5. The second-order valence-corrected chi connectivity index (χ2v) is 16.2. The molecule has 0 aromatic rings. The molecular formula is C32H50O4. The molecule has 5 saturated carbocycles. The summed E-state index contributed by atoms with van der Waals surface area (Å²) in [4.78, 5) is 25.5. The summed E-state index contributed by atoms with van der Waals surface area (Å²) < 4.78 is 12.4.